The van der Waals surface area contributed by atoms with Gasteiger partial charge >= 0.3 is 5.97 Å². The molecule has 0 aromatic rings. The molecule has 3 atom stereocenters. The van der Waals surface area contributed by atoms with Gasteiger partial charge in [0.2, 0.25) is 0 Å². The Balaban J connectivity index is 2.08. The fourth-order valence-electron chi connectivity index (χ4n) is 2.84. The zero-order chi connectivity index (χ0) is 11.7. The van der Waals surface area contributed by atoms with Gasteiger partial charge in [-0.25, -0.2) is 0 Å². The minimum absolute atomic E-state index is 0.0246. The van der Waals surface area contributed by atoms with Gasteiger partial charge in [-0.3, -0.25) is 9.69 Å². The number of esters is 1. The molecular formula is C13H23NO2. The van der Waals surface area contributed by atoms with Gasteiger partial charge < -0.3 is 4.74 Å². The molecule has 1 aliphatic heterocycles. The van der Waals surface area contributed by atoms with Gasteiger partial charge in [-0.2, -0.15) is 0 Å². The number of rotatable bonds is 3. The van der Waals surface area contributed by atoms with Crippen molar-refractivity contribution in [2.45, 2.75) is 51.6 Å². The molecule has 0 amide bonds. The lowest BCUT2D eigenvalue weighted by Crippen LogP contribution is -2.52. The van der Waals surface area contributed by atoms with Gasteiger partial charge in [0.1, 0.15) is 6.04 Å². The van der Waals surface area contributed by atoms with E-state index in [-0.39, 0.29) is 12.0 Å². The largest absolute Gasteiger partial charge is 0.468 e. The van der Waals surface area contributed by atoms with Crippen molar-refractivity contribution in [2.24, 2.45) is 11.8 Å². The zero-order valence-corrected chi connectivity index (χ0v) is 10.6. The summed E-state index contributed by atoms with van der Waals surface area (Å²) in [6.45, 7) is 5.57. The van der Waals surface area contributed by atoms with Crippen LogP contribution in [0.3, 0.4) is 0 Å². The highest BCUT2D eigenvalue weighted by Gasteiger charge is 2.43. The highest BCUT2D eigenvalue weighted by atomic mass is 16.5. The van der Waals surface area contributed by atoms with Gasteiger partial charge in [-0.1, -0.05) is 6.92 Å². The van der Waals surface area contributed by atoms with Gasteiger partial charge in [0.25, 0.3) is 0 Å². The van der Waals surface area contributed by atoms with Gasteiger partial charge in [0.05, 0.1) is 7.11 Å². The van der Waals surface area contributed by atoms with E-state index in [0.717, 1.165) is 6.54 Å². The maximum atomic E-state index is 11.9. The second-order valence-electron chi connectivity index (χ2n) is 5.53. The van der Waals surface area contributed by atoms with E-state index >= 15 is 0 Å². The molecule has 0 aromatic carbocycles. The van der Waals surface area contributed by atoms with Crippen LogP contribution in [0.25, 0.3) is 0 Å². The van der Waals surface area contributed by atoms with Crippen LogP contribution < -0.4 is 0 Å². The average Bonchev–Trinajstić information content (AvgIpc) is 3.07. The van der Waals surface area contributed by atoms with E-state index in [0.29, 0.717) is 17.9 Å². The van der Waals surface area contributed by atoms with Crippen LogP contribution in [0.15, 0.2) is 0 Å². The van der Waals surface area contributed by atoms with Crippen molar-refractivity contribution in [1.82, 2.24) is 4.90 Å². The van der Waals surface area contributed by atoms with Crippen molar-refractivity contribution in [3.63, 3.8) is 0 Å². The smallest absolute Gasteiger partial charge is 0.323 e. The maximum Gasteiger partial charge on any atom is 0.323 e. The summed E-state index contributed by atoms with van der Waals surface area (Å²) in [6.07, 6.45) is 4.88. The number of carbonyl (C=O) groups is 1. The first-order valence-corrected chi connectivity index (χ1v) is 6.47. The molecule has 0 spiro atoms. The summed E-state index contributed by atoms with van der Waals surface area (Å²) in [5.74, 6) is 1.24. The molecule has 3 unspecified atom stereocenters. The highest BCUT2D eigenvalue weighted by molar-refractivity contribution is 5.76. The Bertz CT molecular complexity index is 263. The SMILES string of the molecule is COC(=O)C(C1CC1)N1CC(C)CCC1C. The van der Waals surface area contributed by atoms with Crippen LogP contribution in [0.1, 0.15) is 39.5 Å². The molecule has 0 aromatic heterocycles. The minimum atomic E-state index is -0.0246. The van der Waals surface area contributed by atoms with Gasteiger partial charge in [0.15, 0.2) is 0 Å². The summed E-state index contributed by atoms with van der Waals surface area (Å²) >= 11 is 0. The average molecular weight is 225 g/mol. The molecule has 1 saturated carbocycles. The summed E-state index contributed by atoms with van der Waals surface area (Å²) in [4.78, 5) is 14.3. The number of carbonyl (C=O) groups excluding carboxylic acids is 1. The summed E-state index contributed by atoms with van der Waals surface area (Å²) in [6, 6.07) is 0.559. The zero-order valence-electron chi connectivity index (χ0n) is 10.6. The first-order valence-electron chi connectivity index (χ1n) is 6.47. The molecule has 1 heterocycles. The number of methoxy groups -OCH3 is 1. The number of piperidine rings is 1. The standard InChI is InChI=1S/C13H23NO2/c1-9-4-5-10(2)14(8-9)12(11-6-7-11)13(15)16-3/h9-12H,4-8H2,1-3H3. The van der Waals surface area contributed by atoms with Gasteiger partial charge in [0, 0.05) is 12.6 Å². The van der Waals surface area contributed by atoms with Gasteiger partial charge in [-0.15, -0.1) is 0 Å². The second-order valence-corrected chi connectivity index (χ2v) is 5.53. The van der Waals surface area contributed by atoms with E-state index in [2.05, 4.69) is 18.7 Å². The molecule has 2 aliphatic rings. The van der Waals surface area contributed by atoms with Crippen molar-refractivity contribution in [2.75, 3.05) is 13.7 Å². The van der Waals surface area contributed by atoms with Crippen LogP contribution in [-0.2, 0) is 9.53 Å². The Kier molecular flexibility index (Phi) is 3.53. The van der Waals surface area contributed by atoms with Crippen LogP contribution in [0, 0.1) is 11.8 Å². The Morgan fingerprint density at radius 1 is 1.25 bits per heavy atom. The number of hydrogen-bond donors (Lipinski definition) is 0. The first kappa shape index (κ1) is 11.9. The van der Waals surface area contributed by atoms with E-state index in [1.165, 1.54) is 32.8 Å². The lowest BCUT2D eigenvalue weighted by atomic mass is 9.92. The first-order chi connectivity index (χ1) is 7.63. The summed E-state index contributed by atoms with van der Waals surface area (Å²) in [5, 5.41) is 0. The highest BCUT2D eigenvalue weighted by Crippen LogP contribution is 2.38. The molecule has 2 rings (SSSR count). The molecule has 92 valence electrons. The molecule has 3 nitrogen and oxygen atoms in total. The van der Waals surface area contributed by atoms with Gasteiger partial charge in [-0.05, 0) is 44.4 Å². The molecule has 1 saturated heterocycles. The molecule has 3 heteroatoms. The second kappa shape index (κ2) is 4.74. The Morgan fingerprint density at radius 2 is 1.94 bits per heavy atom. The van der Waals surface area contributed by atoms with E-state index in [1.807, 2.05) is 0 Å². The van der Waals surface area contributed by atoms with Crippen molar-refractivity contribution in [3.8, 4) is 0 Å². The Hall–Kier alpha value is -0.570. The monoisotopic (exact) mass is 225 g/mol. The number of hydrogen-bond acceptors (Lipinski definition) is 3. The van der Waals surface area contributed by atoms with Crippen LogP contribution in [0.2, 0.25) is 0 Å². The Labute approximate surface area is 98.1 Å². The molecular weight excluding hydrogens is 202 g/mol. The fourth-order valence-corrected chi connectivity index (χ4v) is 2.84. The third-order valence-corrected chi connectivity index (χ3v) is 4.03. The summed E-state index contributed by atoms with van der Waals surface area (Å²) < 4.78 is 4.97. The predicted octanol–water partition coefficient (Wildman–Crippen LogP) is 2.06. The quantitative estimate of drug-likeness (QED) is 0.689. The van der Waals surface area contributed by atoms with Crippen molar-refractivity contribution in [1.29, 1.82) is 0 Å². The van der Waals surface area contributed by atoms with Crippen LogP contribution in [0.4, 0.5) is 0 Å². The lowest BCUT2D eigenvalue weighted by Gasteiger charge is -2.41. The third-order valence-electron chi connectivity index (χ3n) is 4.03. The van der Waals surface area contributed by atoms with Crippen LogP contribution in [-0.4, -0.2) is 36.6 Å². The number of likely N-dealkylation sites (tertiary alicyclic amines) is 1. The molecule has 16 heavy (non-hydrogen) atoms. The Morgan fingerprint density at radius 3 is 2.50 bits per heavy atom. The number of nitrogens with zero attached hydrogens (tertiary/aromatic N) is 1. The molecule has 0 radical (unpaired) electrons. The van der Waals surface area contributed by atoms with Crippen LogP contribution in [0.5, 0.6) is 0 Å². The van der Waals surface area contributed by atoms with Crippen LogP contribution >= 0.6 is 0 Å². The van der Waals surface area contributed by atoms with E-state index in [9.17, 15) is 4.79 Å². The predicted molar refractivity (Wildman–Crippen MR) is 63.1 cm³/mol. The summed E-state index contributed by atoms with van der Waals surface area (Å²) in [5.41, 5.74) is 0. The fraction of sp³-hybridized carbons (Fsp3) is 0.923. The minimum Gasteiger partial charge on any atom is -0.468 e. The lowest BCUT2D eigenvalue weighted by molar-refractivity contribution is -0.150. The molecule has 2 fully saturated rings. The molecule has 1 aliphatic carbocycles. The van der Waals surface area contributed by atoms with E-state index < -0.39 is 0 Å². The molecule has 0 bridgehead atoms. The van der Waals surface area contributed by atoms with Crippen molar-refractivity contribution >= 4 is 5.97 Å². The maximum absolute atomic E-state index is 11.9. The van der Waals surface area contributed by atoms with Crippen molar-refractivity contribution < 1.29 is 9.53 Å². The topological polar surface area (TPSA) is 29.5 Å². The van der Waals surface area contributed by atoms with E-state index in [1.54, 1.807) is 0 Å². The normalized spacial score (nSPS) is 33.4. The summed E-state index contributed by atoms with van der Waals surface area (Å²) in [7, 11) is 1.51. The number of ether oxygens (including phenoxy) is 1. The van der Waals surface area contributed by atoms with Crippen molar-refractivity contribution in [3.05, 3.63) is 0 Å². The molecule has 0 N–H and O–H groups in total. The van der Waals surface area contributed by atoms with E-state index in [4.69, 9.17) is 4.74 Å². The third kappa shape index (κ3) is 2.40.